The number of nitrogens with one attached hydrogen (secondary N) is 1. The summed E-state index contributed by atoms with van der Waals surface area (Å²) in [4.78, 5) is 28.3. The summed E-state index contributed by atoms with van der Waals surface area (Å²) in [5.74, 6) is 0.561. The van der Waals surface area contributed by atoms with Crippen molar-refractivity contribution in [2.75, 3.05) is 22.5 Å². The van der Waals surface area contributed by atoms with Gasteiger partial charge in [0.15, 0.2) is 0 Å². The van der Waals surface area contributed by atoms with Gasteiger partial charge >= 0.3 is 0 Å². The molecule has 3 aromatic rings. The standard InChI is InChI=1S/C23H24N4O2S2/c1-15(2)13-20-25-26-23(31-20)24-22(29)17-8-4-6-10-19(17)30-14-21(28)27-12-11-16-7-3-5-9-18(16)27/h3-10,15H,11-14H2,1-2H3,(H,24,26,29). The number of fused-ring (bicyclic) bond motifs is 1. The zero-order valence-electron chi connectivity index (χ0n) is 17.5. The Balaban J connectivity index is 1.41. The van der Waals surface area contributed by atoms with Crippen molar-refractivity contribution in [1.82, 2.24) is 10.2 Å². The minimum atomic E-state index is -0.241. The number of rotatable bonds is 7. The van der Waals surface area contributed by atoms with E-state index in [-0.39, 0.29) is 17.6 Å². The number of thioether (sulfide) groups is 1. The molecule has 1 aromatic heterocycles. The van der Waals surface area contributed by atoms with Crippen molar-refractivity contribution in [2.45, 2.75) is 31.6 Å². The summed E-state index contributed by atoms with van der Waals surface area (Å²) in [5, 5.41) is 12.5. The van der Waals surface area contributed by atoms with E-state index in [9.17, 15) is 9.59 Å². The van der Waals surface area contributed by atoms with E-state index in [0.29, 0.717) is 23.2 Å². The fourth-order valence-electron chi connectivity index (χ4n) is 3.50. The minimum absolute atomic E-state index is 0.0487. The molecule has 4 rings (SSSR count). The van der Waals surface area contributed by atoms with Gasteiger partial charge in [0, 0.05) is 23.5 Å². The molecule has 160 valence electrons. The number of hydrogen-bond acceptors (Lipinski definition) is 6. The summed E-state index contributed by atoms with van der Waals surface area (Å²) in [6, 6.07) is 15.3. The van der Waals surface area contributed by atoms with Gasteiger partial charge in [-0.2, -0.15) is 0 Å². The van der Waals surface area contributed by atoms with Crippen LogP contribution in [0.2, 0.25) is 0 Å². The Morgan fingerprint density at radius 3 is 2.74 bits per heavy atom. The van der Waals surface area contributed by atoms with Gasteiger partial charge in [-0.1, -0.05) is 55.5 Å². The molecule has 0 radical (unpaired) electrons. The first kappa shape index (κ1) is 21.5. The molecule has 2 aromatic carbocycles. The van der Waals surface area contributed by atoms with Crippen LogP contribution in [0.5, 0.6) is 0 Å². The number of hydrogen-bond donors (Lipinski definition) is 1. The number of amides is 2. The Labute approximate surface area is 190 Å². The van der Waals surface area contributed by atoms with Crippen molar-refractivity contribution in [3.63, 3.8) is 0 Å². The van der Waals surface area contributed by atoms with Crippen molar-refractivity contribution < 1.29 is 9.59 Å². The highest BCUT2D eigenvalue weighted by atomic mass is 32.2. The number of para-hydroxylation sites is 1. The summed E-state index contributed by atoms with van der Waals surface area (Å²) in [5.41, 5.74) is 2.73. The average molecular weight is 453 g/mol. The van der Waals surface area contributed by atoms with Crippen LogP contribution in [0.4, 0.5) is 10.8 Å². The third-order valence-corrected chi connectivity index (χ3v) is 6.86. The van der Waals surface area contributed by atoms with Gasteiger partial charge in [0.1, 0.15) is 5.01 Å². The Kier molecular flexibility index (Phi) is 6.67. The quantitative estimate of drug-likeness (QED) is 0.527. The van der Waals surface area contributed by atoms with Gasteiger partial charge in [-0.05, 0) is 36.1 Å². The molecule has 0 fully saturated rings. The van der Waals surface area contributed by atoms with Gasteiger partial charge < -0.3 is 4.90 Å². The molecule has 0 saturated heterocycles. The average Bonchev–Trinajstić information content (AvgIpc) is 3.38. The van der Waals surface area contributed by atoms with Crippen molar-refractivity contribution in [3.8, 4) is 0 Å². The molecule has 1 aliphatic heterocycles. The molecule has 2 amide bonds. The highest BCUT2D eigenvalue weighted by Crippen LogP contribution is 2.30. The van der Waals surface area contributed by atoms with Gasteiger partial charge in [-0.25, -0.2) is 0 Å². The Morgan fingerprint density at radius 2 is 1.90 bits per heavy atom. The van der Waals surface area contributed by atoms with Gasteiger partial charge in [0.2, 0.25) is 11.0 Å². The van der Waals surface area contributed by atoms with Crippen LogP contribution >= 0.6 is 23.1 Å². The maximum absolute atomic E-state index is 12.9. The lowest BCUT2D eigenvalue weighted by atomic mass is 10.1. The van der Waals surface area contributed by atoms with Crippen LogP contribution in [0, 0.1) is 5.92 Å². The minimum Gasteiger partial charge on any atom is -0.311 e. The van der Waals surface area contributed by atoms with Crippen molar-refractivity contribution in [1.29, 1.82) is 0 Å². The molecule has 0 aliphatic carbocycles. The van der Waals surface area contributed by atoms with E-state index in [1.54, 1.807) is 6.07 Å². The van der Waals surface area contributed by atoms with Crippen LogP contribution in [0.15, 0.2) is 53.4 Å². The summed E-state index contributed by atoms with van der Waals surface area (Å²) >= 11 is 2.78. The number of carbonyl (C=O) groups excluding carboxylic acids is 2. The summed E-state index contributed by atoms with van der Waals surface area (Å²) < 4.78 is 0. The number of aromatic nitrogens is 2. The van der Waals surface area contributed by atoms with Crippen LogP contribution in [0.1, 0.15) is 34.8 Å². The van der Waals surface area contributed by atoms with Crippen molar-refractivity contribution in [3.05, 3.63) is 64.7 Å². The van der Waals surface area contributed by atoms with Gasteiger partial charge in [-0.15, -0.1) is 22.0 Å². The molecular formula is C23H24N4O2S2. The molecule has 0 unspecified atom stereocenters. The topological polar surface area (TPSA) is 75.2 Å². The molecule has 2 heterocycles. The van der Waals surface area contributed by atoms with E-state index in [0.717, 1.165) is 28.4 Å². The predicted molar refractivity (Wildman–Crippen MR) is 126 cm³/mol. The van der Waals surface area contributed by atoms with Crippen LogP contribution < -0.4 is 10.2 Å². The molecule has 0 atom stereocenters. The highest BCUT2D eigenvalue weighted by molar-refractivity contribution is 8.00. The summed E-state index contributed by atoms with van der Waals surface area (Å²) in [7, 11) is 0. The fourth-order valence-corrected chi connectivity index (χ4v) is 5.37. The number of nitrogens with zero attached hydrogens (tertiary/aromatic N) is 3. The second kappa shape index (κ2) is 9.62. The first-order chi connectivity index (χ1) is 15.0. The van der Waals surface area contributed by atoms with Crippen LogP contribution in [-0.4, -0.2) is 34.3 Å². The first-order valence-corrected chi connectivity index (χ1v) is 12.1. The van der Waals surface area contributed by atoms with Crippen molar-refractivity contribution in [2.24, 2.45) is 5.92 Å². The number of carbonyl (C=O) groups is 2. The second-order valence-electron chi connectivity index (χ2n) is 7.76. The van der Waals surface area contributed by atoms with E-state index < -0.39 is 0 Å². The predicted octanol–water partition coefficient (Wildman–Crippen LogP) is 4.67. The smallest absolute Gasteiger partial charge is 0.258 e. The highest BCUT2D eigenvalue weighted by Gasteiger charge is 2.24. The lowest BCUT2D eigenvalue weighted by Gasteiger charge is -2.17. The Bertz CT molecular complexity index is 1100. The zero-order chi connectivity index (χ0) is 21.8. The van der Waals surface area contributed by atoms with E-state index in [1.807, 2.05) is 41.3 Å². The third kappa shape index (κ3) is 5.14. The summed E-state index contributed by atoms with van der Waals surface area (Å²) in [6.07, 6.45) is 1.72. The summed E-state index contributed by atoms with van der Waals surface area (Å²) in [6.45, 7) is 4.95. The largest absolute Gasteiger partial charge is 0.311 e. The van der Waals surface area contributed by atoms with Gasteiger partial charge in [0.05, 0.1) is 11.3 Å². The van der Waals surface area contributed by atoms with Gasteiger partial charge in [-0.3, -0.25) is 14.9 Å². The van der Waals surface area contributed by atoms with Crippen molar-refractivity contribution >= 4 is 45.7 Å². The molecule has 0 saturated carbocycles. The maximum Gasteiger partial charge on any atom is 0.258 e. The van der Waals surface area contributed by atoms with Crippen LogP contribution in [0.25, 0.3) is 0 Å². The molecule has 6 nitrogen and oxygen atoms in total. The zero-order valence-corrected chi connectivity index (χ0v) is 19.1. The Morgan fingerprint density at radius 1 is 1.13 bits per heavy atom. The maximum atomic E-state index is 12.9. The van der Waals surface area contributed by atoms with Gasteiger partial charge in [0.25, 0.3) is 5.91 Å². The third-order valence-electron chi connectivity index (χ3n) is 4.94. The number of anilines is 2. The lowest BCUT2D eigenvalue weighted by molar-refractivity contribution is -0.116. The van der Waals surface area contributed by atoms with E-state index in [1.165, 1.54) is 28.7 Å². The second-order valence-corrected chi connectivity index (χ2v) is 9.84. The molecule has 0 bridgehead atoms. The van der Waals surface area contributed by atoms with Crippen LogP contribution in [0.3, 0.4) is 0 Å². The monoisotopic (exact) mass is 452 g/mol. The molecule has 0 spiro atoms. The van der Waals surface area contributed by atoms with E-state index in [4.69, 9.17) is 0 Å². The normalized spacial score (nSPS) is 12.8. The molecular weight excluding hydrogens is 428 g/mol. The molecule has 8 heteroatoms. The molecule has 1 aliphatic rings. The van der Waals surface area contributed by atoms with E-state index >= 15 is 0 Å². The first-order valence-electron chi connectivity index (χ1n) is 10.2. The van der Waals surface area contributed by atoms with E-state index in [2.05, 4.69) is 35.4 Å². The molecule has 1 N–H and O–H groups in total. The SMILES string of the molecule is CC(C)Cc1nnc(NC(=O)c2ccccc2SCC(=O)N2CCc3ccccc32)s1. The fraction of sp³-hybridized carbons (Fsp3) is 0.304. The number of benzene rings is 2. The lowest BCUT2D eigenvalue weighted by Crippen LogP contribution is -2.30. The molecule has 31 heavy (non-hydrogen) atoms. The Hall–Kier alpha value is -2.71. The van der Waals surface area contributed by atoms with Crippen LogP contribution in [-0.2, 0) is 17.6 Å².